The number of benzene rings is 2. The van der Waals surface area contributed by atoms with Gasteiger partial charge in [0.2, 0.25) is 0 Å². The highest BCUT2D eigenvalue weighted by atomic mass is 16.6. The minimum atomic E-state index is -0.458. The van der Waals surface area contributed by atoms with Gasteiger partial charge in [-0.15, -0.1) is 0 Å². The summed E-state index contributed by atoms with van der Waals surface area (Å²) in [5.74, 6) is -0.264. The number of nitrogens with zero attached hydrogens (tertiary/aromatic N) is 1. The molecule has 0 atom stereocenters. The van der Waals surface area contributed by atoms with Crippen LogP contribution in [0.2, 0.25) is 0 Å². The van der Waals surface area contributed by atoms with Crippen molar-refractivity contribution in [3.63, 3.8) is 0 Å². The van der Waals surface area contributed by atoms with Gasteiger partial charge in [-0.25, -0.2) is 4.79 Å². The number of hydrogen-bond donors (Lipinski definition) is 0. The van der Waals surface area contributed by atoms with Gasteiger partial charge in [0.25, 0.3) is 0 Å². The molecule has 120 valence electrons. The summed E-state index contributed by atoms with van der Waals surface area (Å²) in [7, 11) is 0. The predicted molar refractivity (Wildman–Crippen MR) is 94.5 cm³/mol. The third kappa shape index (κ3) is 3.73. The van der Waals surface area contributed by atoms with E-state index in [0.29, 0.717) is 0 Å². The van der Waals surface area contributed by atoms with Crippen LogP contribution in [0.1, 0.15) is 33.6 Å². The van der Waals surface area contributed by atoms with Crippen molar-refractivity contribution in [1.82, 2.24) is 0 Å². The van der Waals surface area contributed by atoms with Crippen LogP contribution >= 0.6 is 0 Å². The Bertz CT molecular complexity index is 756. The molecule has 1 aliphatic rings. The zero-order chi connectivity index (χ0) is 16.4. The van der Waals surface area contributed by atoms with Gasteiger partial charge in [-0.05, 0) is 56.5 Å². The molecule has 0 amide bonds. The van der Waals surface area contributed by atoms with E-state index in [0.717, 1.165) is 30.8 Å². The first-order valence-electron chi connectivity index (χ1n) is 8.12. The maximum Gasteiger partial charge on any atom is 0.333 e. The second-order valence-electron chi connectivity index (χ2n) is 6.96. The van der Waals surface area contributed by atoms with Crippen molar-refractivity contribution in [1.29, 1.82) is 0 Å². The summed E-state index contributed by atoms with van der Waals surface area (Å²) >= 11 is 0. The third-order valence-corrected chi connectivity index (χ3v) is 3.90. The molecule has 0 aliphatic carbocycles. The molecule has 1 saturated heterocycles. The Morgan fingerprint density at radius 2 is 1.87 bits per heavy atom. The number of ether oxygens (including phenoxy) is 1. The molecular weight excluding hydrogens is 286 g/mol. The summed E-state index contributed by atoms with van der Waals surface area (Å²) in [6.45, 7) is 6.60. The van der Waals surface area contributed by atoms with Crippen molar-refractivity contribution in [2.45, 2.75) is 39.2 Å². The zero-order valence-electron chi connectivity index (χ0n) is 14.0. The second-order valence-corrected chi connectivity index (χ2v) is 6.96. The molecule has 0 saturated carbocycles. The number of hydrogen-bond acceptors (Lipinski definition) is 3. The van der Waals surface area contributed by atoms with Crippen LogP contribution in [0.3, 0.4) is 0 Å². The highest BCUT2D eigenvalue weighted by molar-refractivity contribution is 5.87. The van der Waals surface area contributed by atoms with Gasteiger partial charge in [-0.3, -0.25) is 0 Å². The van der Waals surface area contributed by atoms with Gasteiger partial charge < -0.3 is 9.64 Å². The van der Waals surface area contributed by atoms with E-state index in [1.165, 1.54) is 10.8 Å². The molecule has 2 aromatic rings. The van der Waals surface area contributed by atoms with E-state index in [1.807, 2.05) is 32.9 Å². The Labute approximate surface area is 137 Å². The van der Waals surface area contributed by atoms with Crippen molar-refractivity contribution >= 4 is 22.4 Å². The Morgan fingerprint density at radius 3 is 2.61 bits per heavy atom. The predicted octanol–water partition coefficient (Wildman–Crippen LogP) is 4.67. The summed E-state index contributed by atoms with van der Waals surface area (Å²) in [5, 5.41) is 2.45. The van der Waals surface area contributed by atoms with E-state index >= 15 is 0 Å². The summed E-state index contributed by atoms with van der Waals surface area (Å²) in [5.41, 5.74) is 1.71. The van der Waals surface area contributed by atoms with E-state index in [-0.39, 0.29) is 5.97 Å². The molecule has 0 radical (unpaired) electrons. The highest BCUT2D eigenvalue weighted by Crippen LogP contribution is 2.30. The van der Waals surface area contributed by atoms with Gasteiger partial charge in [-0.1, -0.05) is 30.3 Å². The number of rotatable bonds is 2. The lowest BCUT2D eigenvalue weighted by Crippen LogP contribution is -2.24. The molecule has 3 nitrogen and oxygen atoms in total. The number of carbonyl (C=O) groups is 1. The van der Waals surface area contributed by atoms with Crippen LogP contribution in [0, 0.1) is 0 Å². The molecule has 1 fully saturated rings. The van der Waals surface area contributed by atoms with Crippen LogP contribution in [0.4, 0.5) is 5.69 Å². The fourth-order valence-electron chi connectivity index (χ4n) is 2.95. The lowest BCUT2D eigenvalue weighted by atomic mass is 10.1. The van der Waals surface area contributed by atoms with E-state index in [2.05, 4.69) is 35.2 Å². The zero-order valence-corrected chi connectivity index (χ0v) is 14.0. The van der Waals surface area contributed by atoms with Crippen molar-refractivity contribution in [2.75, 3.05) is 11.4 Å². The normalized spacial score (nSPS) is 17.0. The fraction of sp³-hybridized carbons (Fsp3) is 0.350. The number of esters is 1. The van der Waals surface area contributed by atoms with E-state index < -0.39 is 5.60 Å². The fourth-order valence-corrected chi connectivity index (χ4v) is 2.95. The molecule has 2 aromatic carbocycles. The first-order chi connectivity index (χ1) is 10.9. The maximum atomic E-state index is 12.1. The van der Waals surface area contributed by atoms with E-state index in [4.69, 9.17) is 4.74 Å². The molecule has 1 aliphatic heterocycles. The van der Waals surface area contributed by atoms with Crippen LogP contribution in [0.15, 0.2) is 54.2 Å². The summed E-state index contributed by atoms with van der Waals surface area (Å²) < 4.78 is 5.41. The smallest absolute Gasteiger partial charge is 0.333 e. The largest absolute Gasteiger partial charge is 0.457 e. The Morgan fingerprint density at radius 1 is 1.13 bits per heavy atom. The number of anilines is 1. The van der Waals surface area contributed by atoms with Crippen molar-refractivity contribution in [3.8, 4) is 0 Å². The summed E-state index contributed by atoms with van der Waals surface area (Å²) in [6, 6.07) is 14.8. The summed E-state index contributed by atoms with van der Waals surface area (Å²) in [6.07, 6.45) is 3.61. The quantitative estimate of drug-likeness (QED) is 0.596. The SMILES string of the molecule is CC(C)(C)OC(=O)/C=C1\CCCN1c1ccc2ccccc2c1. The van der Waals surface area contributed by atoms with Gasteiger partial charge in [0, 0.05) is 24.0 Å². The average molecular weight is 309 g/mol. The van der Waals surface area contributed by atoms with Gasteiger partial charge in [-0.2, -0.15) is 0 Å². The van der Waals surface area contributed by atoms with Gasteiger partial charge in [0.1, 0.15) is 5.60 Å². The summed E-state index contributed by atoms with van der Waals surface area (Å²) in [4.78, 5) is 14.3. The minimum Gasteiger partial charge on any atom is -0.457 e. The van der Waals surface area contributed by atoms with Crippen molar-refractivity contribution in [2.24, 2.45) is 0 Å². The van der Waals surface area contributed by atoms with Crippen LogP contribution in [-0.2, 0) is 9.53 Å². The molecule has 0 unspecified atom stereocenters. The molecule has 0 aromatic heterocycles. The van der Waals surface area contributed by atoms with Gasteiger partial charge in [0.05, 0.1) is 0 Å². The van der Waals surface area contributed by atoms with Crippen LogP contribution < -0.4 is 4.90 Å². The molecule has 3 rings (SSSR count). The number of allylic oxidation sites excluding steroid dienone is 1. The van der Waals surface area contributed by atoms with Crippen LogP contribution in [0.5, 0.6) is 0 Å². The Balaban J connectivity index is 1.86. The highest BCUT2D eigenvalue weighted by Gasteiger charge is 2.22. The lowest BCUT2D eigenvalue weighted by Gasteiger charge is -2.22. The van der Waals surface area contributed by atoms with Crippen LogP contribution in [0.25, 0.3) is 10.8 Å². The number of carbonyl (C=O) groups excluding carboxylic acids is 1. The van der Waals surface area contributed by atoms with Crippen LogP contribution in [-0.4, -0.2) is 18.1 Å². The molecule has 23 heavy (non-hydrogen) atoms. The van der Waals surface area contributed by atoms with E-state index in [1.54, 1.807) is 6.08 Å². The molecule has 0 bridgehead atoms. The lowest BCUT2D eigenvalue weighted by molar-refractivity contribution is -0.148. The third-order valence-electron chi connectivity index (χ3n) is 3.90. The van der Waals surface area contributed by atoms with Gasteiger partial charge >= 0.3 is 5.97 Å². The molecule has 3 heteroatoms. The first kappa shape index (κ1) is 15.6. The topological polar surface area (TPSA) is 29.5 Å². The standard InChI is InChI=1S/C20H23NO2/c1-20(2,3)23-19(22)14-17-9-6-12-21(17)18-11-10-15-7-4-5-8-16(15)13-18/h4-5,7-8,10-11,13-14H,6,9,12H2,1-3H3/b17-14+. The number of fused-ring (bicyclic) bond motifs is 1. The van der Waals surface area contributed by atoms with Crippen molar-refractivity contribution in [3.05, 3.63) is 54.2 Å². The van der Waals surface area contributed by atoms with Gasteiger partial charge in [0.15, 0.2) is 0 Å². The molecule has 1 heterocycles. The second kappa shape index (κ2) is 6.07. The molecular formula is C20H23NO2. The van der Waals surface area contributed by atoms with Crippen molar-refractivity contribution < 1.29 is 9.53 Å². The maximum absolute atomic E-state index is 12.1. The Hall–Kier alpha value is -2.29. The average Bonchev–Trinajstić information content (AvgIpc) is 2.92. The first-order valence-corrected chi connectivity index (χ1v) is 8.12. The van der Waals surface area contributed by atoms with E-state index in [9.17, 15) is 4.79 Å². The molecule has 0 spiro atoms. The monoisotopic (exact) mass is 309 g/mol. The minimum absolute atomic E-state index is 0.264. The Kier molecular flexibility index (Phi) is 4.12. The molecule has 0 N–H and O–H groups in total.